The maximum atomic E-state index is 11.9. The zero-order valence-electron chi connectivity index (χ0n) is 9.20. The van der Waals surface area contributed by atoms with Gasteiger partial charge in [-0.25, -0.2) is 0 Å². The van der Waals surface area contributed by atoms with Crippen LogP contribution in [0.1, 0.15) is 12.0 Å². The summed E-state index contributed by atoms with van der Waals surface area (Å²) in [5, 5.41) is 9.30. The molecule has 1 aromatic carbocycles. The predicted molar refractivity (Wildman–Crippen MR) is 71.2 cm³/mol. The van der Waals surface area contributed by atoms with Crippen molar-refractivity contribution in [1.82, 2.24) is 0 Å². The summed E-state index contributed by atoms with van der Waals surface area (Å²) < 4.78 is 0.895. The van der Waals surface area contributed by atoms with Gasteiger partial charge in [-0.15, -0.1) is 11.6 Å². The van der Waals surface area contributed by atoms with Crippen LogP contribution in [0.3, 0.4) is 0 Å². The number of anilines is 1. The highest BCUT2D eigenvalue weighted by Gasteiger charge is 2.31. The van der Waals surface area contributed by atoms with Gasteiger partial charge in [0, 0.05) is 28.9 Å². The molecule has 2 rings (SSSR count). The second kappa shape index (κ2) is 5.38. The van der Waals surface area contributed by atoms with Crippen LogP contribution >= 0.6 is 27.5 Å². The van der Waals surface area contributed by atoms with Gasteiger partial charge in [-0.3, -0.25) is 4.79 Å². The number of carbonyl (C=O) groups is 1. The third kappa shape index (κ3) is 2.64. The molecule has 17 heavy (non-hydrogen) atoms. The second-order valence-corrected chi connectivity index (χ2v) is 5.38. The van der Waals surface area contributed by atoms with Crippen LogP contribution in [0, 0.1) is 5.92 Å². The molecule has 1 atom stereocenters. The fourth-order valence-corrected chi connectivity index (χ4v) is 2.60. The fraction of sp³-hybridized carbons (Fsp3) is 0.417. The van der Waals surface area contributed by atoms with Gasteiger partial charge >= 0.3 is 0 Å². The lowest BCUT2D eigenvalue weighted by molar-refractivity contribution is -0.117. The van der Waals surface area contributed by atoms with E-state index < -0.39 is 0 Å². The van der Waals surface area contributed by atoms with Crippen molar-refractivity contribution in [2.75, 3.05) is 17.3 Å². The Labute approximate surface area is 114 Å². The Morgan fingerprint density at radius 3 is 2.88 bits per heavy atom. The van der Waals surface area contributed by atoms with Crippen molar-refractivity contribution < 1.29 is 9.90 Å². The Kier molecular flexibility index (Phi) is 4.07. The zero-order chi connectivity index (χ0) is 12.4. The second-order valence-electron chi connectivity index (χ2n) is 4.16. The molecule has 1 N–H and O–H groups in total. The third-order valence-corrected chi connectivity index (χ3v) is 3.86. The maximum absolute atomic E-state index is 11.9. The fourth-order valence-electron chi connectivity index (χ4n) is 2.04. The van der Waals surface area contributed by atoms with Crippen molar-refractivity contribution >= 4 is 39.1 Å². The summed E-state index contributed by atoms with van der Waals surface area (Å²) in [7, 11) is 0. The van der Waals surface area contributed by atoms with Crippen molar-refractivity contribution in [2.24, 2.45) is 5.92 Å². The summed E-state index contributed by atoms with van der Waals surface area (Å²) in [6.45, 7) is 0.559. The number of carbonyl (C=O) groups excluding carboxylic acids is 1. The van der Waals surface area contributed by atoms with Gasteiger partial charge < -0.3 is 10.0 Å². The quantitative estimate of drug-likeness (QED) is 0.870. The van der Waals surface area contributed by atoms with Gasteiger partial charge in [0.2, 0.25) is 5.91 Å². The van der Waals surface area contributed by atoms with E-state index in [1.807, 2.05) is 18.2 Å². The van der Waals surface area contributed by atoms with Gasteiger partial charge in [-0.1, -0.05) is 22.0 Å². The van der Waals surface area contributed by atoms with Crippen molar-refractivity contribution in [2.45, 2.75) is 13.0 Å². The first kappa shape index (κ1) is 12.9. The number of rotatable bonds is 3. The molecular formula is C12H13BrClNO2. The molecule has 1 fully saturated rings. The van der Waals surface area contributed by atoms with Crippen molar-refractivity contribution in [1.29, 1.82) is 0 Å². The summed E-state index contributed by atoms with van der Waals surface area (Å²) in [4.78, 5) is 13.6. The number of halogens is 2. The Balaban J connectivity index is 2.33. The van der Waals surface area contributed by atoms with Gasteiger partial charge in [0.05, 0.1) is 12.3 Å². The van der Waals surface area contributed by atoms with E-state index in [1.165, 1.54) is 0 Å². The van der Waals surface area contributed by atoms with Crippen LogP contribution in [-0.4, -0.2) is 23.4 Å². The van der Waals surface area contributed by atoms with E-state index in [9.17, 15) is 9.90 Å². The highest BCUT2D eigenvalue weighted by Crippen LogP contribution is 2.31. The Hall–Kier alpha value is -0.580. The maximum Gasteiger partial charge on any atom is 0.227 e. The van der Waals surface area contributed by atoms with Crippen molar-refractivity contribution in [3.63, 3.8) is 0 Å². The largest absolute Gasteiger partial charge is 0.392 e. The monoisotopic (exact) mass is 317 g/mol. The van der Waals surface area contributed by atoms with Crippen LogP contribution in [0.4, 0.5) is 5.69 Å². The Morgan fingerprint density at radius 2 is 2.29 bits per heavy atom. The van der Waals surface area contributed by atoms with Gasteiger partial charge in [-0.05, 0) is 18.1 Å². The first-order valence-corrected chi connectivity index (χ1v) is 6.74. The molecule has 1 saturated heterocycles. The van der Waals surface area contributed by atoms with Crippen LogP contribution in [-0.2, 0) is 11.4 Å². The SMILES string of the molecule is O=C1CC(CCl)CN1c1cc(Br)ccc1CO. The van der Waals surface area contributed by atoms with Crippen LogP contribution in [0.5, 0.6) is 0 Å². The average Bonchev–Trinajstić information content (AvgIpc) is 2.70. The normalized spacial score (nSPS) is 20.1. The van der Waals surface area contributed by atoms with Gasteiger partial charge in [-0.2, -0.15) is 0 Å². The summed E-state index contributed by atoms with van der Waals surface area (Å²) in [6.07, 6.45) is 0.487. The summed E-state index contributed by atoms with van der Waals surface area (Å²) >= 11 is 9.17. The number of benzene rings is 1. The number of nitrogens with zero attached hydrogens (tertiary/aromatic N) is 1. The molecule has 0 radical (unpaired) electrons. The van der Waals surface area contributed by atoms with E-state index >= 15 is 0 Å². The molecule has 0 aliphatic carbocycles. The number of alkyl halides is 1. The number of aliphatic hydroxyl groups excluding tert-OH is 1. The third-order valence-electron chi connectivity index (χ3n) is 2.93. The van der Waals surface area contributed by atoms with E-state index in [0.29, 0.717) is 18.8 Å². The molecule has 0 spiro atoms. The number of aliphatic hydroxyl groups is 1. The zero-order valence-corrected chi connectivity index (χ0v) is 11.5. The van der Waals surface area contributed by atoms with Crippen LogP contribution < -0.4 is 4.90 Å². The van der Waals surface area contributed by atoms with Gasteiger partial charge in [0.15, 0.2) is 0 Å². The molecule has 1 heterocycles. The number of hydrogen-bond donors (Lipinski definition) is 1. The van der Waals surface area contributed by atoms with E-state index in [2.05, 4.69) is 15.9 Å². The first-order chi connectivity index (χ1) is 8.15. The van der Waals surface area contributed by atoms with E-state index in [-0.39, 0.29) is 18.4 Å². The summed E-state index contributed by atoms with van der Waals surface area (Å²) in [5.41, 5.74) is 1.54. The van der Waals surface area contributed by atoms with Crippen LogP contribution in [0.2, 0.25) is 0 Å². The molecule has 5 heteroatoms. The molecule has 0 saturated carbocycles. The predicted octanol–water partition coefficient (Wildman–Crippen LogP) is 2.53. The molecule has 1 aromatic rings. The lowest BCUT2D eigenvalue weighted by Gasteiger charge is -2.20. The summed E-state index contributed by atoms with van der Waals surface area (Å²) in [5.74, 6) is 0.767. The molecule has 1 unspecified atom stereocenters. The summed E-state index contributed by atoms with van der Waals surface area (Å²) in [6, 6.07) is 5.54. The molecule has 0 bridgehead atoms. The number of hydrogen-bond acceptors (Lipinski definition) is 2. The Bertz CT molecular complexity index is 439. The highest BCUT2D eigenvalue weighted by atomic mass is 79.9. The average molecular weight is 319 g/mol. The minimum absolute atomic E-state index is 0.0715. The van der Waals surface area contributed by atoms with E-state index in [0.717, 1.165) is 15.7 Å². The minimum Gasteiger partial charge on any atom is -0.392 e. The Morgan fingerprint density at radius 1 is 1.53 bits per heavy atom. The molecular weight excluding hydrogens is 305 g/mol. The van der Waals surface area contributed by atoms with E-state index in [4.69, 9.17) is 11.6 Å². The van der Waals surface area contributed by atoms with Gasteiger partial charge in [0.25, 0.3) is 0 Å². The van der Waals surface area contributed by atoms with Crippen molar-refractivity contribution in [3.05, 3.63) is 28.2 Å². The van der Waals surface area contributed by atoms with Crippen LogP contribution in [0.25, 0.3) is 0 Å². The molecule has 3 nitrogen and oxygen atoms in total. The number of amides is 1. The molecule has 1 aliphatic rings. The minimum atomic E-state index is -0.0715. The molecule has 1 aliphatic heterocycles. The molecule has 0 aromatic heterocycles. The highest BCUT2D eigenvalue weighted by molar-refractivity contribution is 9.10. The van der Waals surface area contributed by atoms with Gasteiger partial charge in [0.1, 0.15) is 0 Å². The topological polar surface area (TPSA) is 40.5 Å². The lowest BCUT2D eigenvalue weighted by Crippen LogP contribution is -2.25. The van der Waals surface area contributed by atoms with Crippen LogP contribution in [0.15, 0.2) is 22.7 Å². The standard InChI is InChI=1S/C12H13BrClNO2/c13-10-2-1-9(7-16)11(4-10)15-6-8(5-14)3-12(15)17/h1-2,4,8,16H,3,5-7H2. The first-order valence-electron chi connectivity index (χ1n) is 5.41. The smallest absolute Gasteiger partial charge is 0.227 e. The lowest BCUT2D eigenvalue weighted by atomic mass is 10.1. The molecule has 1 amide bonds. The van der Waals surface area contributed by atoms with Crippen molar-refractivity contribution in [3.8, 4) is 0 Å². The van der Waals surface area contributed by atoms with E-state index in [1.54, 1.807) is 4.90 Å². The molecule has 92 valence electrons.